The van der Waals surface area contributed by atoms with Crippen LogP contribution in [-0.4, -0.2) is 31.9 Å². The topological polar surface area (TPSA) is 80.0 Å². The number of anilines is 1. The number of hydrogen-bond donors (Lipinski definition) is 2. The van der Waals surface area contributed by atoms with Crippen LogP contribution in [0.3, 0.4) is 0 Å². The molecule has 0 saturated carbocycles. The highest BCUT2D eigenvalue weighted by atomic mass is 16.4. The first-order chi connectivity index (χ1) is 9.08. The molecule has 100 valence electrons. The molecule has 0 aliphatic heterocycles. The first-order valence-electron chi connectivity index (χ1n) is 6.01. The van der Waals surface area contributed by atoms with Crippen LogP contribution in [0.25, 0.3) is 0 Å². The minimum Gasteiger partial charge on any atom is -0.478 e. The molecule has 2 heterocycles. The van der Waals surface area contributed by atoms with Gasteiger partial charge in [0, 0.05) is 24.6 Å². The lowest BCUT2D eigenvalue weighted by Gasteiger charge is -2.16. The van der Waals surface area contributed by atoms with Gasteiger partial charge in [0.2, 0.25) is 0 Å². The van der Waals surface area contributed by atoms with Crippen LogP contribution in [0.15, 0.2) is 30.7 Å². The number of carboxylic acid groups (broad SMARTS) is 1. The number of pyridine rings is 1. The zero-order chi connectivity index (χ0) is 13.8. The monoisotopic (exact) mass is 260 g/mol. The summed E-state index contributed by atoms with van der Waals surface area (Å²) >= 11 is 0. The number of hydrogen-bond acceptors (Lipinski definition) is 4. The molecule has 0 fully saturated rings. The average molecular weight is 260 g/mol. The molecule has 6 nitrogen and oxygen atoms in total. The smallest absolute Gasteiger partial charge is 0.339 e. The molecule has 0 aromatic carbocycles. The molecule has 19 heavy (non-hydrogen) atoms. The number of carboxylic acids is 1. The van der Waals surface area contributed by atoms with E-state index in [4.69, 9.17) is 0 Å². The fourth-order valence-corrected chi connectivity index (χ4v) is 1.91. The van der Waals surface area contributed by atoms with Crippen molar-refractivity contribution in [2.45, 2.75) is 26.4 Å². The Bertz CT molecular complexity index is 566. The van der Waals surface area contributed by atoms with E-state index in [1.807, 2.05) is 19.2 Å². The standard InChI is InChI=1S/C13H16N4O2/c1-9-4-6-14-12(11(9)13(18)19)16-10(2)8-17-7-3-5-15-17/h3-7,10H,8H2,1-2H3,(H,14,16)(H,18,19). The third-order valence-corrected chi connectivity index (χ3v) is 2.78. The van der Waals surface area contributed by atoms with Gasteiger partial charge in [-0.2, -0.15) is 5.10 Å². The van der Waals surface area contributed by atoms with E-state index >= 15 is 0 Å². The fraction of sp³-hybridized carbons (Fsp3) is 0.308. The summed E-state index contributed by atoms with van der Waals surface area (Å²) in [7, 11) is 0. The highest BCUT2D eigenvalue weighted by molar-refractivity contribution is 5.94. The predicted octanol–water partition coefficient (Wildman–Crippen LogP) is 1.79. The van der Waals surface area contributed by atoms with Crippen LogP contribution in [-0.2, 0) is 6.54 Å². The number of carbonyl (C=O) groups is 1. The maximum Gasteiger partial charge on any atom is 0.339 e. The van der Waals surface area contributed by atoms with Gasteiger partial charge in [0.05, 0.1) is 6.54 Å². The minimum atomic E-state index is -0.973. The lowest BCUT2D eigenvalue weighted by atomic mass is 10.1. The summed E-state index contributed by atoms with van der Waals surface area (Å²) in [6.45, 7) is 4.35. The van der Waals surface area contributed by atoms with Gasteiger partial charge in [-0.25, -0.2) is 9.78 Å². The van der Waals surface area contributed by atoms with Gasteiger partial charge in [-0.3, -0.25) is 4.68 Å². The van der Waals surface area contributed by atoms with Crippen LogP contribution in [0.4, 0.5) is 5.82 Å². The Morgan fingerprint density at radius 2 is 2.32 bits per heavy atom. The second-order valence-electron chi connectivity index (χ2n) is 4.43. The number of nitrogens with zero attached hydrogens (tertiary/aromatic N) is 3. The van der Waals surface area contributed by atoms with Gasteiger partial charge in [-0.05, 0) is 31.5 Å². The minimum absolute atomic E-state index is 0.0206. The molecule has 0 amide bonds. The maximum atomic E-state index is 11.2. The molecule has 0 aliphatic rings. The molecule has 1 atom stereocenters. The summed E-state index contributed by atoms with van der Waals surface area (Å²) in [5, 5.41) is 16.4. The molecule has 2 aromatic heterocycles. The van der Waals surface area contributed by atoms with Gasteiger partial charge in [-0.15, -0.1) is 0 Å². The second kappa shape index (κ2) is 5.51. The number of aromatic nitrogens is 3. The molecule has 0 spiro atoms. The van der Waals surface area contributed by atoms with Crippen LogP contribution in [0.1, 0.15) is 22.8 Å². The van der Waals surface area contributed by atoms with E-state index in [2.05, 4.69) is 15.4 Å². The lowest BCUT2D eigenvalue weighted by Crippen LogP contribution is -2.24. The van der Waals surface area contributed by atoms with Gasteiger partial charge in [0.1, 0.15) is 11.4 Å². The van der Waals surface area contributed by atoms with Crippen molar-refractivity contribution in [3.8, 4) is 0 Å². The summed E-state index contributed by atoms with van der Waals surface area (Å²) in [4.78, 5) is 15.4. The normalized spacial score (nSPS) is 12.1. The molecule has 0 bridgehead atoms. The third kappa shape index (κ3) is 3.09. The summed E-state index contributed by atoms with van der Waals surface area (Å²) in [6, 6.07) is 3.56. The zero-order valence-corrected chi connectivity index (χ0v) is 10.9. The first-order valence-corrected chi connectivity index (χ1v) is 6.01. The average Bonchev–Trinajstić information content (AvgIpc) is 2.81. The Labute approximate surface area is 111 Å². The summed E-state index contributed by atoms with van der Waals surface area (Å²) in [5.41, 5.74) is 0.908. The van der Waals surface area contributed by atoms with Gasteiger partial charge >= 0.3 is 5.97 Å². The third-order valence-electron chi connectivity index (χ3n) is 2.78. The van der Waals surface area contributed by atoms with E-state index < -0.39 is 5.97 Å². The highest BCUT2D eigenvalue weighted by Gasteiger charge is 2.16. The Kier molecular flexibility index (Phi) is 3.79. The van der Waals surface area contributed by atoms with Crippen molar-refractivity contribution in [3.05, 3.63) is 41.9 Å². The molecule has 2 rings (SSSR count). The van der Waals surface area contributed by atoms with Crippen LogP contribution in [0.2, 0.25) is 0 Å². The molecular weight excluding hydrogens is 244 g/mol. The quantitative estimate of drug-likeness (QED) is 0.856. The van der Waals surface area contributed by atoms with E-state index in [1.165, 1.54) is 0 Å². The lowest BCUT2D eigenvalue weighted by molar-refractivity contribution is 0.0697. The van der Waals surface area contributed by atoms with Gasteiger partial charge in [0.15, 0.2) is 0 Å². The molecule has 1 unspecified atom stereocenters. The van der Waals surface area contributed by atoms with Crippen LogP contribution >= 0.6 is 0 Å². The van der Waals surface area contributed by atoms with Gasteiger partial charge in [0.25, 0.3) is 0 Å². The maximum absolute atomic E-state index is 11.2. The van der Waals surface area contributed by atoms with Gasteiger partial charge < -0.3 is 10.4 Å². The van der Waals surface area contributed by atoms with E-state index in [0.29, 0.717) is 17.9 Å². The Hall–Kier alpha value is -2.37. The fourth-order valence-electron chi connectivity index (χ4n) is 1.91. The summed E-state index contributed by atoms with van der Waals surface area (Å²) in [5.74, 6) is -0.577. The Morgan fingerprint density at radius 1 is 1.53 bits per heavy atom. The SMILES string of the molecule is Cc1ccnc(NC(C)Cn2cccn2)c1C(=O)O. The van der Waals surface area contributed by atoms with E-state index in [0.717, 1.165) is 0 Å². The molecule has 0 aliphatic carbocycles. The second-order valence-corrected chi connectivity index (χ2v) is 4.43. The Morgan fingerprint density at radius 3 is 2.95 bits per heavy atom. The van der Waals surface area contributed by atoms with Crippen molar-refractivity contribution >= 4 is 11.8 Å². The van der Waals surface area contributed by atoms with Crippen molar-refractivity contribution in [3.63, 3.8) is 0 Å². The van der Waals surface area contributed by atoms with E-state index in [-0.39, 0.29) is 11.6 Å². The predicted molar refractivity (Wildman–Crippen MR) is 71.2 cm³/mol. The molecule has 0 radical (unpaired) electrons. The van der Waals surface area contributed by atoms with Crippen LogP contribution in [0, 0.1) is 6.92 Å². The zero-order valence-electron chi connectivity index (χ0n) is 10.9. The Balaban J connectivity index is 2.14. The summed E-state index contributed by atoms with van der Waals surface area (Å²) < 4.78 is 1.79. The largest absolute Gasteiger partial charge is 0.478 e. The number of aryl methyl sites for hydroxylation is 1. The molecule has 0 saturated heterocycles. The molecule has 6 heteroatoms. The van der Waals surface area contributed by atoms with Crippen molar-refractivity contribution in [1.82, 2.24) is 14.8 Å². The van der Waals surface area contributed by atoms with Crippen LogP contribution in [0.5, 0.6) is 0 Å². The molecule has 2 N–H and O–H groups in total. The van der Waals surface area contributed by atoms with Crippen molar-refractivity contribution in [1.29, 1.82) is 0 Å². The number of nitrogens with one attached hydrogen (secondary N) is 1. The van der Waals surface area contributed by atoms with Gasteiger partial charge in [-0.1, -0.05) is 0 Å². The van der Waals surface area contributed by atoms with E-state index in [9.17, 15) is 9.90 Å². The first kappa shape index (κ1) is 13.1. The number of rotatable bonds is 5. The van der Waals surface area contributed by atoms with Crippen LogP contribution < -0.4 is 5.32 Å². The van der Waals surface area contributed by atoms with Crippen molar-refractivity contribution in [2.24, 2.45) is 0 Å². The highest BCUT2D eigenvalue weighted by Crippen LogP contribution is 2.17. The number of aromatic carboxylic acids is 1. The summed E-state index contributed by atoms with van der Waals surface area (Å²) in [6.07, 6.45) is 5.17. The van der Waals surface area contributed by atoms with Crippen molar-refractivity contribution < 1.29 is 9.90 Å². The van der Waals surface area contributed by atoms with E-state index in [1.54, 1.807) is 30.1 Å². The molecule has 2 aromatic rings. The molecular formula is C13H16N4O2. The van der Waals surface area contributed by atoms with Crippen molar-refractivity contribution in [2.75, 3.05) is 5.32 Å².